The van der Waals surface area contributed by atoms with Crippen LogP contribution < -0.4 is 0 Å². The van der Waals surface area contributed by atoms with Gasteiger partial charge >= 0.3 is 0 Å². The Morgan fingerprint density at radius 2 is 2.17 bits per heavy atom. The number of β-amino-alcohol motifs (C(OH)–C–C–N with tert-alkyl or cyclic N) is 1. The van der Waals surface area contributed by atoms with E-state index in [-0.39, 0.29) is 19.3 Å². The van der Waals surface area contributed by atoms with Crippen molar-refractivity contribution in [3.05, 3.63) is 0 Å². The third-order valence-electron chi connectivity index (χ3n) is 2.37. The van der Waals surface area contributed by atoms with E-state index < -0.39 is 6.10 Å². The van der Waals surface area contributed by atoms with Crippen LogP contribution in [0.5, 0.6) is 0 Å². The van der Waals surface area contributed by atoms with Crippen molar-refractivity contribution in [2.45, 2.75) is 25.0 Å². The van der Waals surface area contributed by atoms with Crippen molar-refractivity contribution in [1.82, 2.24) is 4.90 Å². The molecule has 4 heteroatoms. The van der Waals surface area contributed by atoms with E-state index in [9.17, 15) is 0 Å². The molecule has 1 heterocycles. The lowest BCUT2D eigenvalue weighted by atomic mass is 10.2. The van der Waals surface area contributed by atoms with E-state index in [2.05, 4.69) is 0 Å². The van der Waals surface area contributed by atoms with Gasteiger partial charge in [0.2, 0.25) is 0 Å². The van der Waals surface area contributed by atoms with E-state index >= 15 is 0 Å². The molecule has 1 unspecified atom stereocenters. The predicted octanol–water partition coefficient (Wildman–Crippen LogP) is -1.20. The topological polar surface area (TPSA) is 63.9 Å². The van der Waals surface area contributed by atoms with Crippen LogP contribution in [0, 0.1) is 0 Å². The van der Waals surface area contributed by atoms with E-state index in [1.54, 1.807) is 0 Å². The van der Waals surface area contributed by atoms with Crippen LogP contribution in [0.4, 0.5) is 0 Å². The quantitative estimate of drug-likeness (QED) is 0.502. The maximum atomic E-state index is 9.16. The summed E-state index contributed by atoms with van der Waals surface area (Å²) in [7, 11) is 0. The lowest BCUT2D eigenvalue weighted by Crippen LogP contribution is -2.39. The van der Waals surface area contributed by atoms with Crippen molar-refractivity contribution < 1.29 is 15.3 Å². The highest BCUT2D eigenvalue weighted by molar-refractivity contribution is 4.79. The number of nitrogens with zero attached hydrogens (tertiary/aromatic N) is 1. The number of hydrogen-bond acceptors (Lipinski definition) is 4. The normalized spacial score (nSPS) is 27.8. The summed E-state index contributed by atoms with van der Waals surface area (Å²) in [5.74, 6) is 0. The summed E-state index contributed by atoms with van der Waals surface area (Å²) in [6, 6.07) is 0.186. The number of aliphatic hydroxyl groups is 3. The van der Waals surface area contributed by atoms with Gasteiger partial charge in [-0.05, 0) is 19.4 Å². The first-order valence-corrected chi connectivity index (χ1v) is 4.41. The molecule has 0 bridgehead atoms. The molecule has 0 aromatic heterocycles. The standard InChI is InChI=1S/C8H17NO3/c10-5-7-2-1-3-9(7)4-8(12)6-11/h7-8,10-12H,1-6H2/t7-,8?/m0/s1. The fraction of sp³-hybridized carbons (Fsp3) is 1.00. The van der Waals surface area contributed by atoms with Crippen molar-refractivity contribution in [1.29, 1.82) is 0 Å². The van der Waals surface area contributed by atoms with Crippen LogP contribution in [0.1, 0.15) is 12.8 Å². The Balaban J connectivity index is 2.30. The molecular formula is C8H17NO3. The first-order valence-electron chi connectivity index (χ1n) is 4.41. The van der Waals surface area contributed by atoms with Crippen molar-refractivity contribution >= 4 is 0 Å². The fourth-order valence-electron chi connectivity index (χ4n) is 1.67. The molecule has 12 heavy (non-hydrogen) atoms. The lowest BCUT2D eigenvalue weighted by Gasteiger charge is -2.24. The van der Waals surface area contributed by atoms with Crippen molar-refractivity contribution in [2.24, 2.45) is 0 Å². The second kappa shape index (κ2) is 4.77. The van der Waals surface area contributed by atoms with E-state index in [0.717, 1.165) is 19.4 Å². The molecule has 0 aromatic carbocycles. The first kappa shape index (κ1) is 9.92. The smallest absolute Gasteiger partial charge is 0.0897 e. The molecule has 1 aliphatic rings. The first-order chi connectivity index (χ1) is 5.77. The number of hydrogen-bond donors (Lipinski definition) is 3. The molecule has 1 fully saturated rings. The molecule has 1 aliphatic heterocycles. The molecule has 2 atom stereocenters. The van der Waals surface area contributed by atoms with Gasteiger partial charge in [0.05, 0.1) is 19.3 Å². The average molecular weight is 175 g/mol. The largest absolute Gasteiger partial charge is 0.395 e. The van der Waals surface area contributed by atoms with Crippen LogP contribution in [-0.2, 0) is 0 Å². The molecular weight excluding hydrogens is 158 g/mol. The molecule has 0 aliphatic carbocycles. The molecule has 0 saturated carbocycles. The minimum Gasteiger partial charge on any atom is -0.395 e. The van der Waals surface area contributed by atoms with Crippen molar-refractivity contribution in [3.8, 4) is 0 Å². The zero-order chi connectivity index (χ0) is 8.97. The summed E-state index contributed by atoms with van der Waals surface area (Å²) in [5, 5.41) is 26.7. The summed E-state index contributed by atoms with van der Waals surface area (Å²) in [4.78, 5) is 2.03. The van der Waals surface area contributed by atoms with Crippen LogP contribution in [0.2, 0.25) is 0 Å². The molecule has 1 saturated heterocycles. The number of likely N-dealkylation sites (tertiary alicyclic amines) is 1. The van der Waals surface area contributed by atoms with Gasteiger partial charge in [-0.2, -0.15) is 0 Å². The lowest BCUT2D eigenvalue weighted by molar-refractivity contribution is 0.0459. The average Bonchev–Trinajstić information content (AvgIpc) is 2.51. The van der Waals surface area contributed by atoms with E-state index in [1.165, 1.54) is 0 Å². The Morgan fingerprint density at radius 1 is 1.42 bits per heavy atom. The molecule has 0 spiro atoms. The van der Waals surface area contributed by atoms with Crippen LogP contribution in [-0.4, -0.2) is 58.7 Å². The second-order valence-electron chi connectivity index (χ2n) is 3.31. The van der Waals surface area contributed by atoms with E-state index in [4.69, 9.17) is 15.3 Å². The maximum Gasteiger partial charge on any atom is 0.0897 e. The Morgan fingerprint density at radius 3 is 2.75 bits per heavy atom. The minimum absolute atomic E-state index is 0.151. The van der Waals surface area contributed by atoms with Gasteiger partial charge < -0.3 is 15.3 Å². The minimum atomic E-state index is -0.669. The fourth-order valence-corrected chi connectivity index (χ4v) is 1.67. The van der Waals surface area contributed by atoms with Crippen LogP contribution in [0.15, 0.2) is 0 Å². The van der Waals surface area contributed by atoms with Gasteiger partial charge in [-0.1, -0.05) is 0 Å². The Kier molecular flexibility index (Phi) is 3.94. The van der Waals surface area contributed by atoms with Gasteiger partial charge in [0.25, 0.3) is 0 Å². The van der Waals surface area contributed by atoms with Gasteiger partial charge in [0, 0.05) is 12.6 Å². The number of aliphatic hydroxyl groups excluding tert-OH is 3. The summed E-state index contributed by atoms with van der Waals surface area (Å²) < 4.78 is 0. The van der Waals surface area contributed by atoms with Gasteiger partial charge in [0.1, 0.15) is 0 Å². The maximum absolute atomic E-state index is 9.16. The van der Waals surface area contributed by atoms with Gasteiger partial charge in [-0.3, -0.25) is 4.90 Å². The summed E-state index contributed by atoms with van der Waals surface area (Å²) in [6.45, 7) is 1.34. The van der Waals surface area contributed by atoms with Gasteiger partial charge in [-0.25, -0.2) is 0 Å². The molecule has 72 valence electrons. The summed E-state index contributed by atoms with van der Waals surface area (Å²) in [6.07, 6.45) is 1.40. The van der Waals surface area contributed by atoms with Crippen LogP contribution in [0.3, 0.4) is 0 Å². The van der Waals surface area contributed by atoms with E-state index in [0.29, 0.717) is 6.54 Å². The number of rotatable bonds is 4. The zero-order valence-electron chi connectivity index (χ0n) is 7.19. The van der Waals surface area contributed by atoms with Crippen LogP contribution in [0.25, 0.3) is 0 Å². The molecule has 0 radical (unpaired) electrons. The molecule has 3 N–H and O–H groups in total. The highest BCUT2D eigenvalue weighted by atomic mass is 16.3. The molecule has 4 nitrogen and oxygen atoms in total. The van der Waals surface area contributed by atoms with E-state index in [1.807, 2.05) is 4.90 Å². The van der Waals surface area contributed by atoms with Gasteiger partial charge in [-0.15, -0.1) is 0 Å². The van der Waals surface area contributed by atoms with Gasteiger partial charge in [0.15, 0.2) is 0 Å². The summed E-state index contributed by atoms with van der Waals surface area (Å²) >= 11 is 0. The third kappa shape index (κ3) is 2.42. The molecule has 0 amide bonds. The highest BCUT2D eigenvalue weighted by Gasteiger charge is 2.24. The molecule has 0 aromatic rings. The monoisotopic (exact) mass is 175 g/mol. The van der Waals surface area contributed by atoms with Crippen molar-refractivity contribution in [3.63, 3.8) is 0 Å². The van der Waals surface area contributed by atoms with Crippen molar-refractivity contribution in [2.75, 3.05) is 26.3 Å². The Labute approximate surface area is 72.4 Å². The van der Waals surface area contributed by atoms with Crippen LogP contribution >= 0.6 is 0 Å². The summed E-state index contributed by atoms with van der Waals surface area (Å²) in [5.41, 5.74) is 0. The Bertz CT molecular complexity index is 131. The third-order valence-corrected chi connectivity index (χ3v) is 2.37. The zero-order valence-corrected chi connectivity index (χ0v) is 7.19. The SMILES string of the molecule is OCC(O)CN1CCC[C@H]1CO. The molecule has 1 rings (SSSR count). The highest BCUT2D eigenvalue weighted by Crippen LogP contribution is 2.16. The predicted molar refractivity (Wildman–Crippen MR) is 44.8 cm³/mol. The Hall–Kier alpha value is -0.160. The second-order valence-corrected chi connectivity index (χ2v) is 3.31.